The van der Waals surface area contributed by atoms with Gasteiger partial charge in [-0.05, 0) is 12.1 Å². The molecule has 68 valence electrons. The molecule has 0 aromatic carbocycles. The zero-order valence-electron chi connectivity index (χ0n) is 6.79. The molecule has 5 heteroatoms. The van der Waals surface area contributed by atoms with Gasteiger partial charge in [0.15, 0.2) is 0 Å². The number of halogens is 1. The second-order valence-corrected chi connectivity index (χ2v) is 2.99. The molecule has 0 saturated carbocycles. The molecule has 0 radical (unpaired) electrons. The van der Waals surface area contributed by atoms with Gasteiger partial charge in [0.05, 0.1) is 12.1 Å². The van der Waals surface area contributed by atoms with Gasteiger partial charge in [0, 0.05) is 7.05 Å². The number of hydrogen-bond donors (Lipinski definition) is 1. The Hall–Kier alpha value is -0.740. The number of carbonyl (C=O) groups is 1. The number of methoxy groups -OCH3 is 1. The van der Waals surface area contributed by atoms with Gasteiger partial charge in [-0.25, -0.2) is 4.79 Å². The number of carbonyl (C=O) groups excluding carboxylic acids is 1. The highest BCUT2D eigenvalue weighted by atomic mass is 35.5. The molecule has 0 fully saturated rings. The van der Waals surface area contributed by atoms with Crippen molar-refractivity contribution in [2.75, 3.05) is 19.5 Å². The highest BCUT2D eigenvalue weighted by Gasteiger charge is 2.07. The lowest BCUT2D eigenvalue weighted by Gasteiger charge is -1.92. The fraction of sp³-hybridized carbons (Fsp3) is 0.286. The van der Waals surface area contributed by atoms with Gasteiger partial charge >= 0.3 is 5.97 Å². The Balaban J connectivity index is 0.00000121. The van der Waals surface area contributed by atoms with Crippen molar-refractivity contribution in [1.82, 2.24) is 0 Å². The minimum Gasteiger partial charge on any atom is -0.465 e. The summed E-state index contributed by atoms with van der Waals surface area (Å²) in [4.78, 5) is 11.5. The van der Waals surface area contributed by atoms with Gasteiger partial charge < -0.3 is 10.1 Å². The summed E-state index contributed by atoms with van der Waals surface area (Å²) in [6.45, 7) is 0. The summed E-state index contributed by atoms with van der Waals surface area (Å²) in [5.41, 5.74) is 0. The molecule has 12 heavy (non-hydrogen) atoms. The molecule has 0 aliphatic carbocycles. The molecule has 0 spiro atoms. The maximum absolute atomic E-state index is 10.9. The lowest BCUT2D eigenvalue weighted by atomic mass is 10.5. The molecule has 0 unspecified atom stereocenters. The van der Waals surface area contributed by atoms with Crippen molar-refractivity contribution in [3.05, 3.63) is 17.0 Å². The second-order valence-electron chi connectivity index (χ2n) is 1.91. The van der Waals surface area contributed by atoms with Crippen LogP contribution in [0.25, 0.3) is 0 Å². The van der Waals surface area contributed by atoms with E-state index in [4.69, 9.17) is 0 Å². The molecule has 1 aromatic rings. The maximum atomic E-state index is 10.9. The molecular weight excluding hydrogens is 198 g/mol. The van der Waals surface area contributed by atoms with Crippen LogP contribution in [-0.4, -0.2) is 20.1 Å². The Morgan fingerprint density at radius 1 is 1.58 bits per heavy atom. The molecule has 1 aromatic heterocycles. The first-order chi connectivity index (χ1) is 5.27. The van der Waals surface area contributed by atoms with E-state index in [1.165, 1.54) is 18.4 Å². The van der Waals surface area contributed by atoms with Crippen molar-refractivity contribution in [1.29, 1.82) is 0 Å². The third kappa shape index (κ3) is 2.39. The topological polar surface area (TPSA) is 38.3 Å². The van der Waals surface area contributed by atoms with Crippen molar-refractivity contribution in [3.8, 4) is 0 Å². The number of anilines is 1. The molecule has 0 amide bonds. The van der Waals surface area contributed by atoms with Crippen LogP contribution in [0.4, 0.5) is 5.00 Å². The third-order valence-electron chi connectivity index (χ3n) is 1.24. The van der Waals surface area contributed by atoms with Crippen molar-refractivity contribution < 1.29 is 9.53 Å². The standard InChI is InChI=1S/C7H9NO2S.ClH/c1-8-6-4-3-5(11-6)7(9)10-2;/h3-4,8H,1-2H3;1H. The van der Waals surface area contributed by atoms with Crippen LogP contribution in [0, 0.1) is 0 Å². The van der Waals surface area contributed by atoms with Gasteiger partial charge in [0.25, 0.3) is 0 Å². The van der Waals surface area contributed by atoms with Crippen molar-refractivity contribution in [2.45, 2.75) is 0 Å². The van der Waals surface area contributed by atoms with Crippen LogP contribution in [-0.2, 0) is 4.74 Å². The van der Waals surface area contributed by atoms with E-state index in [9.17, 15) is 4.79 Å². The summed E-state index contributed by atoms with van der Waals surface area (Å²) in [5, 5.41) is 3.90. The number of ether oxygens (including phenoxy) is 1. The van der Waals surface area contributed by atoms with Gasteiger partial charge in [-0.3, -0.25) is 0 Å². The molecule has 1 heterocycles. The van der Waals surface area contributed by atoms with E-state index in [1.807, 2.05) is 13.1 Å². The average molecular weight is 208 g/mol. The first-order valence-electron chi connectivity index (χ1n) is 3.14. The molecule has 1 rings (SSSR count). The van der Waals surface area contributed by atoms with Crippen LogP contribution in [0.5, 0.6) is 0 Å². The SMILES string of the molecule is CNc1ccc(C(=O)OC)s1.Cl. The van der Waals surface area contributed by atoms with E-state index < -0.39 is 0 Å². The van der Waals surface area contributed by atoms with E-state index in [1.54, 1.807) is 6.07 Å². The maximum Gasteiger partial charge on any atom is 0.348 e. The molecule has 0 aliphatic heterocycles. The van der Waals surface area contributed by atoms with E-state index in [-0.39, 0.29) is 18.4 Å². The summed E-state index contributed by atoms with van der Waals surface area (Å²) in [7, 11) is 3.19. The Kier molecular flexibility index (Phi) is 4.70. The summed E-state index contributed by atoms with van der Waals surface area (Å²) in [6, 6.07) is 3.58. The second kappa shape index (κ2) is 5.00. The summed E-state index contributed by atoms with van der Waals surface area (Å²) >= 11 is 1.38. The summed E-state index contributed by atoms with van der Waals surface area (Å²) in [6.07, 6.45) is 0. The van der Waals surface area contributed by atoms with Crippen LogP contribution < -0.4 is 5.32 Å². The zero-order valence-corrected chi connectivity index (χ0v) is 8.42. The van der Waals surface area contributed by atoms with E-state index in [2.05, 4.69) is 10.1 Å². The quantitative estimate of drug-likeness (QED) is 0.754. The predicted molar refractivity (Wildman–Crippen MR) is 52.5 cm³/mol. The van der Waals surface area contributed by atoms with Crippen LogP contribution in [0.15, 0.2) is 12.1 Å². The average Bonchev–Trinajstić information content (AvgIpc) is 2.50. The van der Waals surface area contributed by atoms with Crippen LogP contribution in [0.2, 0.25) is 0 Å². The van der Waals surface area contributed by atoms with Crippen molar-refractivity contribution >= 4 is 34.7 Å². The van der Waals surface area contributed by atoms with E-state index in [0.717, 1.165) is 5.00 Å². The van der Waals surface area contributed by atoms with Gasteiger partial charge in [0.2, 0.25) is 0 Å². The normalized spacial score (nSPS) is 8.50. The van der Waals surface area contributed by atoms with Gasteiger partial charge in [-0.15, -0.1) is 23.7 Å². The summed E-state index contributed by atoms with van der Waals surface area (Å²) in [5.74, 6) is -0.281. The highest BCUT2D eigenvalue weighted by molar-refractivity contribution is 7.17. The molecule has 0 bridgehead atoms. The number of hydrogen-bond acceptors (Lipinski definition) is 4. The number of rotatable bonds is 2. The molecule has 0 aliphatic rings. The van der Waals surface area contributed by atoms with Gasteiger partial charge in [0.1, 0.15) is 4.88 Å². The minimum absolute atomic E-state index is 0. The molecular formula is C7H10ClNO2S. The number of esters is 1. The fourth-order valence-corrected chi connectivity index (χ4v) is 1.46. The Morgan fingerprint density at radius 2 is 2.25 bits per heavy atom. The van der Waals surface area contributed by atoms with Crippen LogP contribution in [0.3, 0.4) is 0 Å². The molecule has 1 N–H and O–H groups in total. The third-order valence-corrected chi connectivity index (χ3v) is 2.32. The van der Waals surface area contributed by atoms with Crippen molar-refractivity contribution in [3.63, 3.8) is 0 Å². The number of nitrogens with one attached hydrogen (secondary N) is 1. The zero-order chi connectivity index (χ0) is 8.27. The highest BCUT2D eigenvalue weighted by Crippen LogP contribution is 2.21. The molecule has 3 nitrogen and oxygen atoms in total. The Morgan fingerprint density at radius 3 is 2.67 bits per heavy atom. The number of thiophene rings is 1. The van der Waals surface area contributed by atoms with Gasteiger partial charge in [-0.2, -0.15) is 0 Å². The predicted octanol–water partition coefficient (Wildman–Crippen LogP) is 2.00. The smallest absolute Gasteiger partial charge is 0.348 e. The van der Waals surface area contributed by atoms with E-state index >= 15 is 0 Å². The first kappa shape index (κ1) is 11.3. The minimum atomic E-state index is -0.281. The van der Waals surface area contributed by atoms with E-state index in [0.29, 0.717) is 4.88 Å². The lowest BCUT2D eigenvalue weighted by molar-refractivity contribution is 0.0606. The lowest BCUT2D eigenvalue weighted by Crippen LogP contribution is -1.96. The van der Waals surface area contributed by atoms with Crippen LogP contribution in [0.1, 0.15) is 9.67 Å². The molecule has 0 saturated heterocycles. The molecule has 0 atom stereocenters. The Labute approximate surface area is 81.1 Å². The van der Waals surface area contributed by atoms with Crippen molar-refractivity contribution in [2.24, 2.45) is 0 Å². The summed E-state index contributed by atoms with van der Waals surface area (Å²) < 4.78 is 4.54. The Bertz CT molecular complexity index is 262. The van der Waals surface area contributed by atoms with Crippen LogP contribution >= 0.6 is 23.7 Å². The largest absolute Gasteiger partial charge is 0.465 e. The fourth-order valence-electron chi connectivity index (χ4n) is 0.683. The van der Waals surface area contributed by atoms with Gasteiger partial charge in [-0.1, -0.05) is 0 Å². The first-order valence-corrected chi connectivity index (χ1v) is 3.95. The monoisotopic (exact) mass is 207 g/mol.